The molecule has 0 fully saturated rings. The number of aromatic nitrogens is 2. The number of hydrogen-bond donors (Lipinski definition) is 1. The lowest BCUT2D eigenvalue weighted by Crippen LogP contribution is -2.37. The van der Waals surface area contributed by atoms with Crippen LogP contribution in [0.3, 0.4) is 0 Å². The largest absolute Gasteiger partial charge is 0.323 e. The first-order valence-corrected chi connectivity index (χ1v) is 9.73. The summed E-state index contributed by atoms with van der Waals surface area (Å²) >= 11 is 0. The van der Waals surface area contributed by atoms with Gasteiger partial charge in [-0.25, -0.2) is 4.98 Å². The molecule has 0 aliphatic heterocycles. The number of nitrogens with two attached hydrogens (primary N) is 1. The highest BCUT2D eigenvalue weighted by molar-refractivity contribution is 5.50. The van der Waals surface area contributed by atoms with Crippen LogP contribution in [-0.4, -0.2) is 9.55 Å². The number of benzene rings is 3. The van der Waals surface area contributed by atoms with Gasteiger partial charge in [-0.15, -0.1) is 0 Å². The van der Waals surface area contributed by atoms with Crippen molar-refractivity contribution < 1.29 is 0 Å². The maximum Gasteiger partial charge on any atom is 0.121 e. The Bertz CT molecular complexity index is 911. The molecule has 0 saturated carbocycles. The predicted molar refractivity (Wildman–Crippen MR) is 114 cm³/mol. The molecule has 0 amide bonds. The fraction of sp³-hybridized carbons (Fsp3) is 0.160. The van der Waals surface area contributed by atoms with Gasteiger partial charge in [-0.2, -0.15) is 0 Å². The zero-order valence-electron chi connectivity index (χ0n) is 16.1. The summed E-state index contributed by atoms with van der Waals surface area (Å²) in [6.07, 6.45) is 4.87. The third kappa shape index (κ3) is 3.04. The topological polar surface area (TPSA) is 43.8 Å². The second kappa shape index (κ2) is 7.83. The lowest BCUT2D eigenvalue weighted by molar-refractivity contribution is 0.513. The molecule has 0 saturated heterocycles. The van der Waals surface area contributed by atoms with E-state index in [2.05, 4.69) is 114 Å². The van der Waals surface area contributed by atoms with Crippen LogP contribution in [0.2, 0.25) is 0 Å². The second-order valence-electron chi connectivity index (χ2n) is 7.03. The van der Waals surface area contributed by atoms with Crippen molar-refractivity contribution in [3.63, 3.8) is 0 Å². The molecule has 4 aromatic rings. The third-order valence-corrected chi connectivity index (χ3v) is 5.38. The summed E-state index contributed by atoms with van der Waals surface area (Å²) in [6, 6.07) is 31.7. The van der Waals surface area contributed by atoms with Crippen molar-refractivity contribution in [2.75, 3.05) is 0 Å². The van der Waals surface area contributed by atoms with E-state index in [4.69, 9.17) is 5.73 Å². The molecule has 0 bridgehead atoms. The summed E-state index contributed by atoms with van der Waals surface area (Å²) in [5.74, 6) is 0. The Hall–Kier alpha value is -3.17. The van der Waals surface area contributed by atoms with Crippen molar-refractivity contribution in [3.8, 4) is 0 Å². The fourth-order valence-corrected chi connectivity index (χ4v) is 3.91. The van der Waals surface area contributed by atoms with Crippen LogP contribution in [0, 0.1) is 0 Å². The summed E-state index contributed by atoms with van der Waals surface area (Å²) in [6.45, 7) is 2.09. The molecule has 140 valence electrons. The molecular weight excluding hydrogens is 342 g/mol. The van der Waals surface area contributed by atoms with Gasteiger partial charge in [-0.3, -0.25) is 0 Å². The molecule has 2 N–H and O–H groups in total. The number of imidazole rings is 1. The van der Waals surface area contributed by atoms with E-state index in [0.29, 0.717) is 0 Å². The van der Waals surface area contributed by atoms with Gasteiger partial charge in [0.2, 0.25) is 0 Å². The predicted octanol–water partition coefficient (Wildman–Crippen LogP) is 5.13. The van der Waals surface area contributed by atoms with E-state index in [1.807, 2.05) is 6.33 Å². The normalized spacial score (nSPS) is 12.6. The Morgan fingerprint density at radius 1 is 0.786 bits per heavy atom. The van der Waals surface area contributed by atoms with Gasteiger partial charge in [0.25, 0.3) is 0 Å². The average Bonchev–Trinajstić information content (AvgIpc) is 3.26. The van der Waals surface area contributed by atoms with Crippen LogP contribution in [0.5, 0.6) is 0 Å². The van der Waals surface area contributed by atoms with E-state index >= 15 is 0 Å². The molecule has 0 aliphatic rings. The van der Waals surface area contributed by atoms with Gasteiger partial charge in [-0.1, -0.05) is 97.9 Å². The standard InChI is InChI=1S/C25H25N3/c1-2-23(26)24-18-28(19-27-24)25(20-12-6-3-7-13-20,21-14-8-4-9-15-21)22-16-10-5-11-17-22/h3-19,23H,2,26H2,1H3. The molecule has 28 heavy (non-hydrogen) atoms. The molecule has 0 radical (unpaired) electrons. The highest BCUT2D eigenvalue weighted by atomic mass is 15.1. The second-order valence-corrected chi connectivity index (χ2v) is 7.03. The molecule has 4 rings (SSSR count). The van der Waals surface area contributed by atoms with Gasteiger partial charge in [0.15, 0.2) is 0 Å². The number of nitrogens with zero attached hydrogens (tertiary/aromatic N) is 2. The summed E-state index contributed by atoms with van der Waals surface area (Å²) in [4.78, 5) is 4.67. The van der Waals surface area contributed by atoms with Crippen LogP contribution in [0.25, 0.3) is 0 Å². The zero-order chi connectivity index (χ0) is 19.4. The minimum Gasteiger partial charge on any atom is -0.323 e. The van der Waals surface area contributed by atoms with Crippen LogP contribution in [0.15, 0.2) is 104 Å². The molecule has 1 atom stereocenters. The van der Waals surface area contributed by atoms with Crippen LogP contribution < -0.4 is 5.73 Å². The smallest absolute Gasteiger partial charge is 0.121 e. The van der Waals surface area contributed by atoms with E-state index in [1.54, 1.807) is 0 Å². The van der Waals surface area contributed by atoms with Gasteiger partial charge in [0.1, 0.15) is 5.54 Å². The van der Waals surface area contributed by atoms with Crippen LogP contribution >= 0.6 is 0 Å². The highest BCUT2D eigenvalue weighted by Gasteiger charge is 2.38. The van der Waals surface area contributed by atoms with E-state index in [9.17, 15) is 0 Å². The Balaban J connectivity index is 2.06. The van der Waals surface area contributed by atoms with E-state index in [1.165, 1.54) is 16.7 Å². The fourth-order valence-electron chi connectivity index (χ4n) is 3.91. The summed E-state index contributed by atoms with van der Waals surface area (Å²) < 4.78 is 2.21. The van der Waals surface area contributed by atoms with Gasteiger partial charge in [0.05, 0.1) is 12.0 Å². The van der Waals surface area contributed by atoms with Crippen LogP contribution in [0.4, 0.5) is 0 Å². The van der Waals surface area contributed by atoms with Crippen molar-refractivity contribution >= 4 is 0 Å². The number of rotatable bonds is 6. The Kier molecular flexibility index (Phi) is 5.09. The lowest BCUT2D eigenvalue weighted by Gasteiger charge is -2.37. The van der Waals surface area contributed by atoms with Gasteiger partial charge < -0.3 is 10.3 Å². The SMILES string of the molecule is CCC(N)c1cn(C(c2ccccc2)(c2ccccc2)c2ccccc2)cn1. The van der Waals surface area contributed by atoms with Crippen molar-refractivity contribution in [3.05, 3.63) is 126 Å². The summed E-state index contributed by atoms with van der Waals surface area (Å²) in [7, 11) is 0. The average molecular weight is 367 g/mol. The summed E-state index contributed by atoms with van der Waals surface area (Å²) in [5, 5.41) is 0. The number of hydrogen-bond acceptors (Lipinski definition) is 2. The molecule has 0 spiro atoms. The first-order valence-electron chi connectivity index (χ1n) is 9.73. The summed E-state index contributed by atoms with van der Waals surface area (Å²) in [5.41, 5.74) is 10.2. The molecule has 1 heterocycles. The van der Waals surface area contributed by atoms with Crippen molar-refractivity contribution in [1.82, 2.24) is 9.55 Å². The van der Waals surface area contributed by atoms with Gasteiger partial charge in [0, 0.05) is 12.2 Å². The molecule has 3 aromatic carbocycles. The molecule has 3 nitrogen and oxygen atoms in total. The first-order chi connectivity index (χ1) is 13.8. The quantitative estimate of drug-likeness (QED) is 0.480. The Morgan fingerprint density at radius 2 is 1.21 bits per heavy atom. The van der Waals surface area contributed by atoms with Gasteiger partial charge in [-0.05, 0) is 23.1 Å². The lowest BCUT2D eigenvalue weighted by atomic mass is 9.77. The third-order valence-electron chi connectivity index (χ3n) is 5.38. The first kappa shape index (κ1) is 18.2. The molecule has 1 unspecified atom stereocenters. The Morgan fingerprint density at radius 3 is 1.61 bits per heavy atom. The molecule has 0 aliphatic carbocycles. The van der Waals surface area contributed by atoms with E-state index in [-0.39, 0.29) is 6.04 Å². The van der Waals surface area contributed by atoms with Crippen LogP contribution in [0.1, 0.15) is 41.8 Å². The van der Waals surface area contributed by atoms with Gasteiger partial charge >= 0.3 is 0 Å². The minimum atomic E-state index is -0.525. The highest BCUT2D eigenvalue weighted by Crippen LogP contribution is 2.40. The zero-order valence-corrected chi connectivity index (χ0v) is 16.1. The molecular formula is C25H25N3. The molecule has 1 aromatic heterocycles. The van der Waals surface area contributed by atoms with E-state index < -0.39 is 5.54 Å². The Labute approximate surface area is 166 Å². The molecule has 3 heteroatoms. The maximum atomic E-state index is 6.29. The minimum absolute atomic E-state index is 0.0683. The van der Waals surface area contributed by atoms with Crippen LogP contribution in [-0.2, 0) is 5.54 Å². The maximum absolute atomic E-state index is 6.29. The van der Waals surface area contributed by atoms with Crippen molar-refractivity contribution in [1.29, 1.82) is 0 Å². The monoisotopic (exact) mass is 367 g/mol. The van der Waals surface area contributed by atoms with Crippen molar-refractivity contribution in [2.45, 2.75) is 24.9 Å². The van der Waals surface area contributed by atoms with E-state index in [0.717, 1.165) is 12.1 Å². The van der Waals surface area contributed by atoms with Crippen molar-refractivity contribution in [2.24, 2.45) is 5.73 Å².